The van der Waals surface area contributed by atoms with Gasteiger partial charge in [0.15, 0.2) is 0 Å². The van der Waals surface area contributed by atoms with E-state index in [0.717, 1.165) is 0 Å². The first kappa shape index (κ1) is 15.3. The molecule has 21 heavy (non-hydrogen) atoms. The van der Waals surface area contributed by atoms with Gasteiger partial charge in [-0.05, 0) is 29.8 Å². The van der Waals surface area contributed by atoms with Crippen LogP contribution in [0.15, 0.2) is 36.5 Å². The Morgan fingerprint density at radius 1 is 1.19 bits per heavy atom. The lowest BCUT2D eigenvalue weighted by Gasteiger charge is -2.07. The highest BCUT2D eigenvalue weighted by molar-refractivity contribution is 6.36. The molecule has 2 rings (SSSR count). The van der Waals surface area contributed by atoms with Crippen LogP contribution in [-0.4, -0.2) is 22.0 Å². The lowest BCUT2D eigenvalue weighted by molar-refractivity contribution is 0.0690. The van der Waals surface area contributed by atoms with Gasteiger partial charge in [0.1, 0.15) is 5.69 Å². The molecule has 5 nitrogen and oxygen atoms in total. The van der Waals surface area contributed by atoms with Crippen LogP contribution in [0.1, 0.15) is 26.4 Å². The number of aromatic carboxylic acids is 1. The van der Waals surface area contributed by atoms with Crippen molar-refractivity contribution in [3.8, 4) is 0 Å². The van der Waals surface area contributed by atoms with Gasteiger partial charge >= 0.3 is 5.97 Å². The van der Waals surface area contributed by atoms with Gasteiger partial charge in [-0.25, -0.2) is 9.78 Å². The van der Waals surface area contributed by atoms with Crippen molar-refractivity contribution < 1.29 is 14.7 Å². The minimum atomic E-state index is -1.10. The van der Waals surface area contributed by atoms with E-state index in [4.69, 9.17) is 28.3 Å². The maximum absolute atomic E-state index is 12.0. The van der Waals surface area contributed by atoms with Gasteiger partial charge in [0.2, 0.25) is 0 Å². The molecule has 0 bridgehead atoms. The first-order chi connectivity index (χ1) is 9.97. The molecule has 1 heterocycles. The van der Waals surface area contributed by atoms with Crippen LogP contribution < -0.4 is 5.32 Å². The summed E-state index contributed by atoms with van der Waals surface area (Å²) in [7, 11) is 0. The van der Waals surface area contributed by atoms with E-state index >= 15 is 0 Å². The molecule has 0 aliphatic rings. The predicted octanol–water partition coefficient (Wildman–Crippen LogP) is 3.02. The number of carbonyl (C=O) groups excluding carboxylic acids is 1. The zero-order valence-electron chi connectivity index (χ0n) is 10.6. The number of rotatable bonds is 4. The lowest BCUT2D eigenvalue weighted by atomic mass is 10.2. The SMILES string of the molecule is O=C(O)c1ccc(CNC(=O)c2ccc(Cl)cc2Cl)cn1. The molecular weight excluding hydrogens is 315 g/mol. The molecule has 1 aromatic heterocycles. The number of nitrogens with zero attached hydrogens (tertiary/aromatic N) is 1. The molecule has 108 valence electrons. The van der Waals surface area contributed by atoms with E-state index in [2.05, 4.69) is 10.3 Å². The topological polar surface area (TPSA) is 79.3 Å². The van der Waals surface area contributed by atoms with Gasteiger partial charge in [-0.3, -0.25) is 4.79 Å². The average Bonchev–Trinajstić information content (AvgIpc) is 2.45. The molecule has 7 heteroatoms. The standard InChI is InChI=1S/C14H10Cl2N2O3/c15-9-2-3-10(11(16)5-9)13(19)18-7-8-1-4-12(14(20)21)17-6-8/h1-6H,7H2,(H,18,19)(H,20,21). The Bertz CT molecular complexity index is 687. The number of benzene rings is 1. The summed E-state index contributed by atoms with van der Waals surface area (Å²) in [6.07, 6.45) is 1.40. The van der Waals surface area contributed by atoms with Crippen molar-refractivity contribution in [2.45, 2.75) is 6.54 Å². The fraction of sp³-hybridized carbons (Fsp3) is 0.0714. The second kappa shape index (κ2) is 6.56. The van der Waals surface area contributed by atoms with E-state index in [1.165, 1.54) is 24.4 Å². The molecule has 0 atom stereocenters. The number of aromatic nitrogens is 1. The summed E-state index contributed by atoms with van der Waals surface area (Å²) in [5.41, 5.74) is 0.945. The quantitative estimate of drug-likeness (QED) is 0.906. The Hall–Kier alpha value is -2.11. The van der Waals surface area contributed by atoms with Crippen LogP contribution >= 0.6 is 23.2 Å². The smallest absolute Gasteiger partial charge is 0.354 e. The molecular formula is C14H10Cl2N2O3. The van der Waals surface area contributed by atoms with Gasteiger partial charge < -0.3 is 10.4 Å². The third-order valence-electron chi connectivity index (χ3n) is 2.67. The van der Waals surface area contributed by atoms with Crippen molar-refractivity contribution in [3.63, 3.8) is 0 Å². The summed E-state index contributed by atoms with van der Waals surface area (Å²) >= 11 is 11.7. The van der Waals surface area contributed by atoms with E-state index in [9.17, 15) is 9.59 Å². The molecule has 0 saturated heterocycles. The largest absolute Gasteiger partial charge is 0.477 e. The Morgan fingerprint density at radius 3 is 2.52 bits per heavy atom. The molecule has 1 aromatic carbocycles. The van der Waals surface area contributed by atoms with Crippen LogP contribution in [0.25, 0.3) is 0 Å². The predicted molar refractivity (Wildman–Crippen MR) is 78.8 cm³/mol. The number of nitrogens with one attached hydrogen (secondary N) is 1. The molecule has 0 saturated carbocycles. The van der Waals surface area contributed by atoms with Crippen LogP contribution in [-0.2, 0) is 6.54 Å². The van der Waals surface area contributed by atoms with E-state index in [0.29, 0.717) is 16.1 Å². The van der Waals surface area contributed by atoms with Crippen molar-refractivity contribution in [1.82, 2.24) is 10.3 Å². The van der Waals surface area contributed by atoms with Gasteiger partial charge in [-0.15, -0.1) is 0 Å². The molecule has 0 unspecified atom stereocenters. The van der Waals surface area contributed by atoms with Crippen LogP contribution in [0.4, 0.5) is 0 Å². The zero-order chi connectivity index (χ0) is 15.4. The summed E-state index contributed by atoms with van der Waals surface area (Å²) in [6, 6.07) is 7.55. The average molecular weight is 325 g/mol. The van der Waals surface area contributed by atoms with Gasteiger partial charge in [0.05, 0.1) is 10.6 Å². The van der Waals surface area contributed by atoms with E-state index < -0.39 is 5.97 Å². The maximum atomic E-state index is 12.0. The van der Waals surface area contributed by atoms with Crippen molar-refractivity contribution in [2.75, 3.05) is 0 Å². The van der Waals surface area contributed by atoms with Gasteiger partial charge in [0.25, 0.3) is 5.91 Å². The first-order valence-electron chi connectivity index (χ1n) is 5.89. The van der Waals surface area contributed by atoms with Crippen molar-refractivity contribution in [3.05, 3.63) is 63.4 Å². The molecule has 1 amide bonds. The molecule has 0 radical (unpaired) electrons. The van der Waals surface area contributed by atoms with Crippen LogP contribution in [0.2, 0.25) is 10.0 Å². The maximum Gasteiger partial charge on any atom is 0.354 e. The molecule has 0 spiro atoms. The molecule has 2 N–H and O–H groups in total. The Balaban J connectivity index is 2.02. The summed E-state index contributed by atoms with van der Waals surface area (Å²) in [6.45, 7) is 0.213. The number of pyridine rings is 1. The fourth-order valence-electron chi connectivity index (χ4n) is 1.61. The summed E-state index contributed by atoms with van der Waals surface area (Å²) in [4.78, 5) is 26.4. The normalized spacial score (nSPS) is 10.2. The molecule has 0 aliphatic heterocycles. The van der Waals surface area contributed by atoms with E-state index in [1.807, 2.05) is 0 Å². The van der Waals surface area contributed by atoms with Gasteiger partial charge in [0, 0.05) is 17.8 Å². The van der Waals surface area contributed by atoms with Crippen LogP contribution in [0.3, 0.4) is 0 Å². The highest BCUT2D eigenvalue weighted by Gasteiger charge is 2.10. The number of hydrogen-bond donors (Lipinski definition) is 2. The van der Waals surface area contributed by atoms with E-state index in [1.54, 1.807) is 12.1 Å². The number of carboxylic acid groups (broad SMARTS) is 1. The number of carboxylic acids is 1. The monoisotopic (exact) mass is 324 g/mol. The second-order valence-corrected chi connectivity index (χ2v) is 5.01. The second-order valence-electron chi connectivity index (χ2n) is 4.16. The number of hydrogen-bond acceptors (Lipinski definition) is 3. The fourth-order valence-corrected chi connectivity index (χ4v) is 2.10. The van der Waals surface area contributed by atoms with Gasteiger partial charge in [-0.1, -0.05) is 29.3 Å². The van der Waals surface area contributed by atoms with Crippen LogP contribution in [0, 0.1) is 0 Å². The Morgan fingerprint density at radius 2 is 1.95 bits per heavy atom. The number of amides is 1. The molecule has 0 aliphatic carbocycles. The Labute approximate surface area is 130 Å². The van der Waals surface area contributed by atoms with Gasteiger partial charge in [-0.2, -0.15) is 0 Å². The lowest BCUT2D eigenvalue weighted by Crippen LogP contribution is -2.23. The molecule has 0 fully saturated rings. The van der Waals surface area contributed by atoms with Crippen molar-refractivity contribution in [2.24, 2.45) is 0 Å². The van der Waals surface area contributed by atoms with E-state index in [-0.39, 0.29) is 23.2 Å². The highest BCUT2D eigenvalue weighted by Crippen LogP contribution is 2.20. The highest BCUT2D eigenvalue weighted by atomic mass is 35.5. The van der Waals surface area contributed by atoms with Crippen LogP contribution in [0.5, 0.6) is 0 Å². The summed E-state index contributed by atoms with van der Waals surface area (Å²) in [5, 5.41) is 12.1. The van der Waals surface area contributed by atoms with Crippen molar-refractivity contribution >= 4 is 35.1 Å². The third-order valence-corrected chi connectivity index (χ3v) is 3.22. The summed E-state index contributed by atoms with van der Waals surface area (Å²) in [5.74, 6) is -1.45. The number of halogens is 2. The minimum absolute atomic E-state index is 0.0502. The third kappa shape index (κ3) is 3.93. The minimum Gasteiger partial charge on any atom is -0.477 e. The van der Waals surface area contributed by atoms with Crippen molar-refractivity contribution in [1.29, 1.82) is 0 Å². The molecule has 2 aromatic rings. The first-order valence-corrected chi connectivity index (χ1v) is 6.64. The zero-order valence-corrected chi connectivity index (χ0v) is 12.1. The summed E-state index contributed by atoms with van der Waals surface area (Å²) < 4.78 is 0. The number of carbonyl (C=O) groups is 2. The Kier molecular flexibility index (Phi) is 4.77.